The van der Waals surface area contributed by atoms with Crippen LogP contribution in [0.5, 0.6) is 5.75 Å². The molecule has 1 aliphatic rings. The average molecular weight is 369 g/mol. The van der Waals surface area contributed by atoms with Crippen LogP contribution < -0.4 is 10.5 Å². The minimum atomic E-state index is -4.80. The zero-order valence-electron chi connectivity index (χ0n) is 14.0. The quantitative estimate of drug-likeness (QED) is 0.896. The number of amides is 1. The number of likely N-dealkylation sites (tertiary alicyclic amines) is 1. The monoisotopic (exact) mass is 369 g/mol. The van der Waals surface area contributed by atoms with Crippen molar-refractivity contribution in [1.82, 2.24) is 10.1 Å². The summed E-state index contributed by atoms with van der Waals surface area (Å²) in [7, 11) is 0. The molecule has 6 nitrogen and oxygen atoms in total. The Bertz CT molecular complexity index is 796. The van der Waals surface area contributed by atoms with Crippen LogP contribution in [0.2, 0.25) is 0 Å². The number of halogens is 3. The Labute approximate surface area is 147 Å². The second-order valence-corrected chi connectivity index (χ2v) is 6.25. The molecule has 1 aromatic carbocycles. The van der Waals surface area contributed by atoms with Crippen LogP contribution in [0.1, 0.15) is 40.4 Å². The Morgan fingerprint density at radius 1 is 1.31 bits per heavy atom. The van der Waals surface area contributed by atoms with Crippen LogP contribution in [0, 0.1) is 6.92 Å². The molecule has 9 heteroatoms. The third-order valence-corrected chi connectivity index (χ3v) is 4.41. The van der Waals surface area contributed by atoms with Crippen molar-refractivity contribution >= 4 is 11.8 Å². The summed E-state index contributed by atoms with van der Waals surface area (Å²) < 4.78 is 46.3. The second-order valence-electron chi connectivity index (χ2n) is 6.25. The first-order valence-corrected chi connectivity index (χ1v) is 8.10. The molecule has 1 aliphatic heterocycles. The lowest BCUT2D eigenvalue weighted by Gasteiger charge is -2.31. The van der Waals surface area contributed by atoms with E-state index in [0.717, 1.165) is 11.8 Å². The van der Waals surface area contributed by atoms with E-state index in [1.54, 1.807) is 11.0 Å². The van der Waals surface area contributed by atoms with Gasteiger partial charge >= 0.3 is 6.36 Å². The Hall–Kier alpha value is -2.71. The Morgan fingerprint density at radius 2 is 2.00 bits per heavy atom. The standard InChI is InChI=1S/C17H18F3N3O3/c1-10-2-3-12(8-14(10)25-17(18,19)20)16(24)23-6-4-11(5-7-23)13-9-15(21)26-22-13/h2-3,8-9,11H,4-7,21H2,1H3. The number of nitrogens with zero attached hydrogens (tertiary/aromatic N) is 2. The first kappa shape index (κ1) is 18.1. The summed E-state index contributed by atoms with van der Waals surface area (Å²) in [5.41, 5.74) is 6.75. The van der Waals surface area contributed by atoms with Crippen LogP contribution in [0.25, 0.3) is 0 Å². The van der Waals surface area contributed by atoms with E-state index in [0.29, 0.717) is 31.5 Å². The van der Waals surface area contributed by atoms with Crippen molar-refractivity contribution in [1.29, 1.82) is 0 Å². The van der Waals surface area contributed by atoms with Crippen LogP contribution in [0.4, 0.5) is 19.1 Å². The largest absolute Gasteiger partial charge is 0.573 e. The summed E-state index contributed by atoms with van der Waals surface area (Å²) in [6, 6.07) is 5.75. The number of anilines is 1. The minimum Gasteiger partial charge on any atom is -0.405 e. The van der Waals surface area contributed by atoms with Crippen LogP contribution >= 0.6 is 0 Å². The minimum absolute atomic E-state index is 0.141. The molecule has 26 heavy (non-hydrogen) atoms. The van der Waals surface area contributed by atoms with Crippen molar-refractivity contribution in [3.63, 3.8) is 0 Å². The van der Waals surface area contributed by atoms with Gasteiger partial charge in [-0.2, -0.15) is 0 Å². The van der Waals surface area contributed by atoms with Gasteiger partial charge in [0.2, 0.25) is 5.88 Å². The lowest BCUT2D eigenvalue weighted by molar-refractivity contribution is -0.274. The topological polar surface area (TPSA) is 81.6 Å². The van der Waals surface area contributed by atoms with Gasteiger partial charge in [0.1, 0.15) is 5.75 Å². The van der Waals surface area contributed by atoms with Crippen molar-refractivity contribution in [3.8, 4) is 5.75 Å². The fourth-order valence-electron chi connectivity index (χ4n) is 3.02. The molecular weight excluding hydrogens is 351 g/mol. The normalized spacial score (nSPS) is 15.9. The van der Waals surface area contributed by atoms with Gasteiger partial charge in [-0.1, -0.05) is 11.2 Å². The number of carbonyl (C=O) groups excluding carboxylic acids is 1. The molecule has 140 valence electrons. The maximum Gasteiger partial charge on any atom is 0.573 e. The summed E-state index contributed by atoms with van der Waals surface area (Å²) in [6.07, 6.45) is -3.45. The van der Waals surface area contributed by atoms with Gasteiger partial charge in [-0.05, 0) is 37.5 Å². The number of piperidine rings is 1. The van der Waals surface area contributed by atoms with Gasteiger partial charge in [-0.25, -0.2) is 0 Å². The number of hydrogen-bond acceptors (Lipinski definition) is 5. The van der Waals surface area contributed by atoms with E-state index in [2.05, 4.69) is 9.89 Å². The molecule has 1 amide bonds. The zero-order valence-corrected chi connectivity index (χ0v) is 14.0. The summed E-state index contributed by atoms with van der Waals surface area (Å²) in [5.74, 6) is -0.302. The number of carbonyl (C=O) groups is 1. The van der Waals surface area contributed by atoms with Crippen molar-refractivity contribution in [2.24, 2.45) is 0 Å². The molecule has 0 aliphatic carbocycles. The highest BCUT2D eigenvalue weighted by molar-refractivity contribution is 5.94. The number of nitrogen functional groups attached to an aromatic ring is 1. The van der Waals surface area contributed by atoms with Crippen LogP contribution in [0.15, 0.2) is 28.8 Å². The van der Waals surface area contributed by atoms with E-state index in [4.69, 9.17) is 10.3 Å². The molecule has 2 aromatic rings. The number of benzene rings is 1. The average Bonchev–Trinajstić information content (AvgIpc) is 3.02. The summed E-state index contributed by atoms with van der Waals surface area (Å²) in [4.78, 5) is 14.2. The van der Waals surface area contributed by atoms with Crippen molar-refractivity contribution < 1.29 is 27.2 Å². The molecule has 2 heterocycles. The molecule has 3 rings (SSSR count). The molecule has 1 fully saturated rings. The maximum absolute atomic E-state index is 12.6. The number of aryl methyl sites for hydroxylation is 1. The van der Waals surface area contributed by atoms with Crippen LogP contribution in [-0.2, 0) is 0 Å². The molecule has 1 saturated heterocycles. The summed E-state index contributed by atoms with van der Waals surface area (Å²) >= 11 is 0. The second kappa shape index (κ2) is 6.89. The van der Waals surface area contributed by atoms with Crippen LogP contribution in [0.3, 0.4) is 0 Å². The summed E-state index contributed by atoms with van der Waals surface area (Å²) in [5, 5.41) is 3.90. The lowest BCUT2D eigenvalue weighted by Crippen LogP contribution is -2.38. The van der Waals surface area contributed by atoms with Gasteiger partial charge in [-0.3, -0.25) is 4.79 Å². The first-order chi connectivity index (χ1) is 12.2. The highest BCUT2D eigenvalue weighted by atomic mass is 19.4. The third-order valence-electron chi connectivity index (χ3n) is 4.41. The number of ether oxygens (including phenoxy) is 1. The molecule has 0 atom stereocenters. The molecule has 0 unspecified atom stereocenters. The number of alkyl halides is 3. The van der Waals surface area contributed by atoms with Crippen molar-refractivity contribution in [2.75, 3.05) is 18.8 Å². The Morgan fingerprint density at radius 3 is 2.58 bits per heavy atom. The van der Waals surface area contributed by atoms with Gasteiger partial charge in [-0.15, -0.1) is 13.2 Å². The number of aromatic nitrogens is 1. The van der Waals surface area contributed by atoms with Gasteiger partial charge in [0.15, 0.2) is 0 Å². The molecular formula is C17H18F3N3O3. The molecule has 2 N–H and O–H groups in total. The fourth-order valence-corrected chi connectivity index (χ4v) is 3.02. The van der Waals surface area contributed by atoms with E-state index in [-0.39, 0.29) is 29.0 Å². The fraction of sp³-hybridized carbons (Fsp3) is 0.412. The molecule has 0 saturated carbocycles. The first-order valence-electron chi connectivity index (χ1n) is 8.10. The zero-order chi connectivity index (χ0) is 18.9. The molecule has 0 spiro atoms. The number of nitrogens with two attached hydrogens (primary N) is 1. The number of hydrogen-bond donors (Lipinski definition) is 1. The van der Waals surface area contributed by atoms with Crippen molar-refractivity contribution in [3.05, 3.63) is 41.1 Å². The smallest absolute Gasteiger partial charge is 0.405 e. The van der Waals surface area contributed by atoms with Gasteiger partial charge < -0.3 is 19.9 Å². The molecule has 1 aromatic heterocycles. The molecule has 0 bridgehead atoms. The lowest BCUT2D eigenvalue weighted by atomic mass is 9.93. The highest BCUT2D eigenvalue weighted by Crippen LogP contribution is 2.30. The third kappa shape index (κ3) is 4.09. The van der Waals surface area contributed by atoms with Crippen LogP contribution in [-0.4, -0.2) is 35.4 Å². The Balaban J connectivity index is 1.67. The maximum atomic E-state index is 12.6. The highest BCUT2D eigenvalue weighted by Gasteiger charge is 2.32. The number of rotatable bonds is 3. The van der Waals surface area contributed by atoms with Crippen molar-refractivity contribution in [2.45, 2.75) is 32.0 Å². The van der Waals surface area contributed by atoms with E-state index < -0.39 is 6.36 Å². The predicted molar refractivity (Wildman–Crippen MR) is 86.7 cm³/mol. The van der Waals surface area contributed by atoms with E-state index in [1.165, 1.54) is 19.1 Å². The van der Waals surface area contributed by atoms with E-state index in [9.17, 15) is 18.0 Å². The summed E-state index contributed by atoms with van der Waals surface area (Å²) in [6.45, 7) is 2.43. The molecule has 0 radical (unpaired) electrons. The van der Waals surface area contributed by atoms with Gasteiger partial charge in [0.25, 0.3) is 5.91 Å². The van der Waals surface area contributed by atoms with E-state index in [1.807, 2.05) is 0 Å². The SMILES string of the molecule is Cc1ccc(C(=O)N2CCC(c3cc(N)on3)CC2)cc1OC(F)(F)F. The predicted octanol–water partition coefficient (Wildman–Crippen LogP) is 3.48. The van der Waals surface area contributed by atoms with Gasteiger partial charge in [0, 0.05) is 30.6 Å². The van der Waals surface area contributed by atoms with E-state index >= 15 is 0 Å². The van der Waals surface area contributed by atoms with Gasteiger partial charge in [0.05, 0.1) is 5.69 Å². The Kier molecular flexibility index (Phi) is 4.80.